The van der Waals surface area contributed by atoms with E-state index in [4.69, 9.17) is 0 Å². The summed E-state index contributed by atoms with van der Waals surface area (Å²) < 4.78 is 4.03. The van der Waals surface area contributed by atoms with Crippen molar-refractivity contribution in [3.05, 3.63) is 5.82 Å². The number of likely N-dealkylation sites (tertiary alicyclic amines) is 1. The van der Waals surface area contributed by atoms with Crippen molar-refractivity contribution >= 4 is 22.7 Å². The molecule has 0 bridgehead atoms. The number of urea groups is 1. The zero-order chi connectivity index (χ0) is 14.7. The van der Waals surface area contributed by atoms with E-state index >= 15 is 0 Å². The van der Waals surface area contributed by atoms with Crippen LogP contribution in [0.2, 0.25) is 0 Å². The predicted molar refractivity (Wildman–Crippen MR) is 78.8 cm³/mol. The Bertz CT molecular complexity index is 455. The van der Waals surface area contributed by atoms with Gasteiger partial charge < -0.3 is 10.0 Å². The normalized spacial score (nSPS) is 18.4. The fourth-order valence-electron chi connectivity index (χ4n) is 2.51. The molecule has 7 heteroatoms. The molecule has 1 aliphatic rings. The van der Waals surface area contributed by atoms with Gasteiger partial charge in [-0.1, -0.05) is 13.8 Å². The van der Waals surface area contributed by atoms with E-state index in [1.165, 1.54) is 11.5 Å². The van der Waals surface area contributed by atoms with Crippen LogP contribution in [0.4, 0.5) is 9.93 Å². The molecular formula is C13H22N4O2S. The van der Waals surface area contributed by atoms with Gasteiger partial charge in [-0.2, -0.15) is 4.37 Å². The number of nitrogens with one attached hydrogen (secondary N) is 1. The Morgan fingerprint density at radius 3 is 2.60 bits per heavy atom. The topological polar surface area (TPSA) is 78.4 Å². The maximum atomic E-state index is 12.1. The molecule has 1 unspecified atom stereocenters. The molecular weight excluding hydrogens is 276 g/mol. The first-order valence-electron chi connectivity index (χ1n) is 7.01. The van der Waals surface area contributed by atoms with Gasteiger partial charge in [-0.15, -0.1) is 0 Å². The molecule has 1 fully saturated rings. The van der Waals surface area contributed by atoms with Gasteiger partial charge in [0.05, 0.1) is 6.10 Å². The van der Waals surface area contributed by atoms with E-state index in [0.717, 1.165) is 12.8 Å². The number of nitrogens with zero attached hydrogens (tertiary/aromatic N) is 3. The molecule has 1 atom stereocenters. The Balaban J connectivity index is 1.83. The van der Waals surface area contributed by atoms with Crippen LogP contribution in [0.3, 0.4) is 0 Å². The zero-order valence-corrected chi connectivity index (χ0v) is 13.0. The summed E-state index contributed by atoms with van der Waals surface area (Å²) in [6.07, 6.45) is 1.43. The lowest BCUT2D eigenvalue weighted by atomic mass is 9.86. The average Bonchev–Trinajstić information content (AvgIpc) is 2.83. The third-order valence-electron chi connectivity index (χ3n) is 3.73. The highest BCUT2D eigenvalue weighted by atomic mass is 32.1. The first kappa shape index (κ1) is 15.2. The number of rotatable bonds is 3. The lowest BCUT2D eigenvalue weighted by Gasteiger charge is -2.35. The van der Waals surface area contributed by atoms with Crippen LogP contribution < -0.4 is 5.32 Å². The molecule has 2 heterocycles. The summed E-state index contributed by atoms with van der Waals surface area (Å²) in [5, 5.41) is 13.4. The van der Waals surface area contributed by atoms with E-state index in [1.54, 1.807) is 11.8 Å². The molecule has 0 aliphatic carbocycles. The van der Waals surface area contributed by atoms with E-state index in [2.05, 4.69) is 14.7 Å². The fraction of sp³-hybridized carbons (Fsp3) is 0.769. The summed E-state index contributed by atoms with van der Waals surface area (Å²) >= 11 is 1.19. The van der Waals surface area contributed by atoms with E-state index in [0.29, 0.717) is 30.0 Å². The summed E-state index contributed by atoms with van der Waals surface area (Å²) in [7, 11) is 0. The van der Waals surface area contributed by atoms with Crippen LogP contribution in [0.15, 0.2) is 0 Å². The van der Waals surface area contributed by atoms with Crippen LogP contribution in [0.5, 0.6) is 0 Å². The van der Waals surface area contributed by atoms with Crippen LogP contribution in [-0.4, -0.2) is 44.6 Å². The number of aryl methyl sites for hydroxylation is 1. The third-order valence-corrected chi connectivity index (χ3v) is 4.46. The molecule has 2 rings (SSSR count). The number of carbonyl (C=O) groups is 1. The minimum absolute atomic E-state index is 0.126. The van der Waals surface area contributed by atoms with Crippen molar-refractivity contribution in [1.82, 2.24) is 14.3 Å². The highest BCUT2D eigenvalue weighted by Gasteiger charge is 2.29. The van der Waals surface area contributed by atoms with E-state index in [1.807, 2.05) is 13.8 Å². The third kappa shape index (κ3) is 3.67. The molecule has 0 saturated carbocycles. The van der Waals surface area contributed by atoms with E-state index < -0.39 is 0 Å². The van der Waals surface area contributed by atoms with Crippen LogP contribution in [0, 0.1) is 18.8 Å². The molecule has 2 amide bonds. The Labute approximate surface area is 123 Å². The number of amides is 2. The van der Waals surface area contributed by atoms with Gasteiger partial charge in [0, 0.05) is 24.6 Å². The summed E-state index contributed by atoms with van der Waals surface area (Å²) in [6.45, 7) is 7.21. The van der Waals surface area contributed by atoms with Crippen LogP contribution in [0.25, 0.3) is 0 Å². The maximum absolute atomic E-state index is 12.1. The van der Waals surface area contributed by atoms with Crippen molar-refractivity contribution < 1.29 is 9.90 Å². The number of carbonyl (C=O) groups excluding carboxylic acids is 1. The minimum atomic E-state index is -0.272. The van der Waals surface area contributed by atoms with Crippen LogP contribution in [-0.2, 0) is 0 Å². The van der Waals surface area contributed by atoms with Crippen molar-refractivity contribution in [2.75, 3.05) is 18.4 Å². The standard InChI is InChI=1S/C13H22N4O2S/c1-8(2)11(18)10-4-6-17(7-5-10)13(19)15-12-14-9(3)16-20-12/h8,10-11,18H,4-7H2,1-3H3,(H,14,15,16,19). The lowest BCUT2D eigenvalue weighted by molar-refractivity contribution is 0.0355. The fourth-order valence-corrected chi connectivity index (χ4v) is 3.07. The second-order valence-corrected chi connectivity index (χ2v) is 6.39. The number of piperidine rings is 1. The predicted octanol–water partition coefficient (Wildman–Crippen LogP) is 2.11. The summed E-state index contributed by atoms with van der Waals surface area (Å²) in [6, 6.07) is -0.126. The Kier molecular flexibility index (Phi) is 4.93. The number of hydrogen-bond donors (Lipinski definition) is 2. The number of aliphatic hydroxyl groups excluding tert-OH is 1. The molecule has 0 aromatic carbocycles. The van der Waals surface area contributed by atoms with Gasteiger partial charge in [0.25, 0.3) is 0 Å². The first-order valence-corrected chi connectivity index (χ1v) is 7.79. The molecule has 1 saturated heterocycles. The minimum Gasteiger partial charge on any atom is -0.393 e. The molecule has 112 valence electrons. The Morgan fingerprint density at radius 1 is 1.45 bits per heavy atom. The number of aliphatic hydroxyl groups is 1. The Hall–Kier alpha value is -1.21. The number of hydrogen-bond acceptors (Lipinski definition) is 5. The van der Waals surface area contributed by atoms with Gasteiger partial charge in [0.15, 0.2) is 0 Å². The highest BCUT2D eigenvalue weighted by molar-refractivity contribution is 7.09. The molecule has 1 aromatic rings. The average molecular weight is 298 g/mol. The van der Waals surface area contributed by atoms with Gasteiger partial charge in [-0.3, -0.25) is 5.32 Å². The van der Waals surface area contributed by atoms with Gasteiger partial charge in [-0.05, 0) is 31.6 Å². The number of anilines is 1. The highest BCUT2D eigenvalue weighted by Crippen LogP contribution is 2.25. The first-order chi connectivity index (χ1) is 9.47. The summed E-state index contributed by atoms with van der Waals surface area (Å²) in [5.41, 5.74) is 0. The van der Waals surface area contributed by atoms with Gasteiger partial charge in [-0.25, -0.2) is 9.78 Å². The molecule has 20 heavy (non-hydrogen) atoms. The lowest BCUT2D eigenvalue weighted by Crippen LogP contribution is -2.44. The largest absolute Gasteiger partial charge is 0.393 e. The zero-order valence-electron chi connectivity index (χ0n) is 12.2. The van der Waals surface area contributed by atoms with E-state index in [9.17, 15) is 9.90 Å². The molecule has 1 aromatic heterocycles. The summed E-state index contributed by atoms with van der Waals surface area (Å²) in [5.74, 6) is 1.23. The second kappa shape index (κ2) is 6.49. The van der Waals surface area contributed by atoms with Crippen LogP contribution >= 0.6 is 11.5 Å². The molecule has 2 N–H and O–H groups in total. The van der Waals surface area contributed by atoms with Crippen LogP contribution in [0.1, 0.15) is 32.5 Å². The monoisotopic (exact) mass is 298 g/mol. The Morgan fingerprint density at radius 2 is 2.10 bits per heavy atom. The SMILES string of the molecule is Cc1nsc(NC(=O)N2CCC(C(O)C(C)C)CC2)n1. The van der Waals surface area contributed by atoms with Crippen molar-refractivity contribution in [3.63, 3.8) is 0 Å². The maximum Gasteiger partial charge on any atom is 0.323 e. The number of aromatic nitrogens is 2. The molecule has 0 spiro atoms. The quantitative estimate of drug-likeness (QED) is 0.896. The van der Waals surface area contributed by atoms with Crippen molar-refractivity contribution in [1.29, 1.82) is 0 Å². The van der Waals surface area contributed by atoms with Crippen molar-refractivity contribution in [2.24, 2.45) is 11.8 Å². The summed E-state index contributed by atoms with van der Waals surface area (Å²) in [4.78, 5) is 18.0. The van der Waals surface area contributed by atoms with E-state index in [-0.39, 0.29) is 18.1 Å². The molecule has 0 radical (unpaired) electrons. The van der Waals surface area contributed by atoms with Crippen molar-refractivity contribution in [2.45, 2.75) is 39.7 Å². The molecule has 1 aliphatic heterocycles. The second-order valence-electron chi connectivity index (χ2n) is 5.64. The van der Waals surface area contributed by atoms with Gasteiger partial charge in [0.2, 0.25) is 5.13 Å². The molecule has 6 nitrogen and oxygen atoms in total. The van der Waals surface area contributed by atoms with Crippen molar-refractivity contribution in [3.8, 4) is 0 Å². The smallest absolute Gasteiger partial charge is 0.323 e. The van der Waals surface area contributed by atoms with Gasteiger partial charge >= 0.3 is 6.03 Å². The van der Waals surface area contributed by atoms with Gasteiger partial charge in [0.1, 0.15) is 5.82 Å².